The highest BCUT2D eigenvalue weighted by atomic mass is 16.5. The Kier molecular flexibility index (Phi) is 4.29. The summed E-state index contributed by atoms with van der Waals surface area (Å²) in [6.45, 7) is 14.4. The first-order chi connectivity index (χ1) is 11.5. The van der Waals surface area contributed by atoms with Crippen LogP contribution >= 0.6 is 0 Å². The van der Waals surface area contributed by atoms with E-state index in [0.717, 1.165) is 31.3 Å². The van der Waals surface area contributed by atoms with Crippen LogP contribution in [0.3, 0.4) is 0 Å². The molecule has 0 spiro atoms. The van der Waals surface area contributed by atoms with E-state index in [1.165, 1.54) is 6.92 Å². The lowest BCUT2D eigenvalue weighted by molar-refractivity contribution is -0.162. The van der Waals surface area contributed by atoms with Crippen LogP contribution < -0.4 is 0 Å². The second-order valence-electron chi connectivity index (χ2n) is 9.53. The molecule has 0 bridgehead atoms. The number of fused-ring (bicyclic) bond motifs is 3. The summed E-state index contributed by atoms with van der Waals surface area (Å²) in [5.41, 5.74) is 0.827. The van der Waals surface area contributed by atoms with Crippen molar-refractivity contribution in [1.29, 1.82) is 0 Å². The molecule has 3 rings (SSSR count). The monoisotopic (exact) mass is 344 g/mol. The predicted octanol–water partition coefficient (Wildman–Crippen LogP) is 4.86. The lowest BCUT2D eigenvalue weighted by Crippen LogP contribution is -2.58. The molecule has 0 amide bonds. The Morgan fingerprint density at radius 3 is 2.56 bits per heavy atom. The first kappa shape index (κ1) is 18.4. The van der Waals surface area contributed by atoms with Crippen LogP contribution in [0.15, 0.2) is 24.3 Å². The molecule has 3 nitrogen and oxygen atoms in total. The van der Waals surface area contributed by atoms with Crippen LogP contribution in [0.5, 0.6) is 0 Å². The van der Waals surface area contributed by atoms with Gasteiger partial charge >= 0.3 is 5.97 Å². The Labute approximate surface area is 151 Å². The van der Waals surface area contributed by atoms with E-state index in [1.54, 1.807) is 0 Å². The highest BCUT2D eigenvalue weighted by Gasteiger charge is 2.61. The van der Waals surface area contributed by atoms with E-state index in [2.05, 4.69) is 40.3 Å². The Balaban J connectivity index is 2.12. The number of allylic oxidation sites excluding steroid dienone is 2. The summed E-state index contributed by atoms with van der Waals surface area (Å²) in [4.78, 5) is 24.8. The minimum Gasteiger partial charge on any atom is -0.458 e. The fourth-order valence-electron chi connectivity index (χ4n) is 5.85. The summed E-state index contributed by atoms with van der Waals surface area (Å²) in [6, 6.07) is 0. The van der Waals surface area contributed by atoms with Crippen LogP contribution in [0.25, 0.3) is 0 Å². The molecule has 0 saturated heterocycles. The molecule has 0 heterocycles. The lowest BCUT2D eigenvalue weighted by Gasteiger charge is -2.59. The van der Waals surface area contributed by atoms with Crippen LogP contribution in [-0.2, 0) is 14.3 Å². The Hall–Kier alpha value is -1.38. The Morgan fingerprint density at radius 2 is 1.96 bits per heavy atom. The van der Waals surface area contributed by atoms with Crippen molar-refractivity contribution in [2.75, 3.05) is 0 Å². The zero-order valence-corrected chi connectivity index (χ0v) is 16.4. The molecule has 0 unspecified atom stereocenters. The van der Waals surface area contributed by atoms with E-state index in [9.17, 15) is 9.59 Å². The van der Waals surface area contributed by atoms with Crippen molar-refractivity contribution < 1.29 is 14.3 Å². The molecule has 3 aliphatic rings. The maximum atomic E-state index is 13.1. The molecular formula is C22H32O3. The third kappa shape index (κ3) is 2.80. The fraction of sp³-hybridized carbons (Fsp3) is 0.727. The van der Waals surface area contributed by atoms with Crippen molar-refractivity contribution in [2.45, 2.75) is 72.8 Å². The average Bonchev–Trinajstić information content (AvgIpc) is 2.53. The van der Waals surface area contributed by atoms with Gasteiger partial charge in [0, 0.05) is 24.2 Å². The van der Waals surface area contributed by atoms with Gasteiger partial charge < -0.3 is 4.74 Å². The van der Waals surface area contributed by atoms with Gasteiger partial charge in [-0.2, -0.15) is 0 Å². The van der Waals surface area contributed by atoms with Crippen molar-refractivity contribution in [3.05, 3.63) is 24.3 Å². The van der Waals surface area contributed by atoms with Gasteiger partial charge in [-0.05, 0) is 48.5 Å². The molecule has 0 aromatic heterocycles. The zero-order valence-electron chi connectivity index (χ0n) is 16.4. The smallest absolute Gasteiger partial charge is 0.303 e. The Morgan fingerprint density at radius 1 is 1.28 bits per heavy atom. The topological polar surface area (TPSA) is 43.4 Å². The highest BCUT2D eigenvalue weighted by Crippen LogP contribution is 2.62. The second-order valence-corrected chi connectivity index (χ2v) is 9.53. The SMILES string of the molecule is C=C[C@]1(C)C=C2[C@@H](OC(C)=O)C[C@H]3C(C)(C)CCC(=O)[C@]3(C)[C@H]2CC1. The number of carbonyl (C=O) groups excluding carboxylic acids is 2. The summed E-state index contributed by atoms with van der Waals surface area (Å²) in [6.07, 6.45) is 8.33. The molecule has 3 heteroatoms. The van der Waals surface area contributed by atoms with Crippen LogP contribution in [0.2, 0.25) is 0 Å². The van der Waals surface area contributed by atoms with E-state index in [1.807, 2.05) is 6.08 Å². The molecule has 5 atom stereocenters. The minimum atomic E-state index is -0.341. The van der Waals surface area contributed by atoms with E-state index in [-0.39, 0.29) is 40.2 Å². The van der Waals surface area contributed by atoms with Crippen molar-refractivity contribution in [3.8, 4) is 0 Å². The number of hydrogen-bond acceptors (Lipinski definition) is 3. The summed E-state index contributed by atoms with van der Waals surface area (Å²) in [7, 11) is 0. The van der Waals surface area contributed by atoms with E-state index in [4.69, 9.17) is 4.74 Å². The standard InChI is InChI=1S/C22H32O3/c1-7-21(5)11-8-16-15(13-21)17(25-14(2)23)12-18-20(3,4)10-9-19(24)22(16,18)6/h7,13,16-18H,1,8-12H2,2-6H3/t16-,17-,18-,21-,22+/m0/s1. The molecule has 0 radical (unpaired) electrons. The van der Waals surface area contributed by atoms with Crippen LogP contribution in [0.1, 0.15) is 66.7 Å². The molecule has 25 heavy (non-hydrogen) atoms. The van der Waals surface area contributed by atoms with Gasteiger partial charge in [0.05, 0.1) is 0 Å². The minimum absolute atomic E-state index is 0.0827. The summed E-state index contributed by atoms with van der Waals surface area (Å²) < 4.78 is 5.77. The van der Waals surface area contributed by atoms with Gasteiger partial charge in [-0.25, -0.2) is 0 Å². The lowest BCUT2D eigenvalue weighted by atomic mass is 9.44. The first-order valence-electron chi connectivity index (χ1n) is 9.60. The van der Waals surface area contributed by atoms with E-state index >= 15 is 0 Å². The number of rotatable bonds is 2. The van der Waals surface area contributed by atoms with Crippen LogP contribution in [0, 0.1) is 28.1 Å². The maximum Gasteiger partial charge on any atom is 0.303 e. The van der Waals surface area contributed by atoms with Crippen molar-refractivity contribution in [1.82, 2.24) is 0 Å². The number of ether oxygens (including phenoxy) is 1. The van der Waals surface area contributed by atoms with Gasteiger partial charge in [0.2, 0.25) is 0 Å². The molecule has 0 aromatic carbocycles. The molecular weight excluding hydrogens is 312 g/mol. The maximum absolute atomic E-state index is 13.1. The number of Topliss-reactive ketones (excluding diaryl/α,β-unsaturated/α-hetero) is 1. The normalized spacial score (nSPS) is 42.7. The highest BCUT2D eigenvalue weighted by molar-refractivity contribution is 5.87. The third-order valence-electron chi connectivity index (χ3n) is 7.45. The van der Waals surface area contributed by atoms with Gasteiger partial charge in [0.15, 0.2) is 0 Å². The molecule has 0 aliphatic heterocycles. The number of hydrogen-bond donors (Lipinski definition) is 0. The molecule has 2 fully saturated rings. The van der Waals surface area contributed by atoms with Gasteiger partial charge in [-0.1, -0.05) is 39.8 Å². The van der Waals surface area contributed by atoms with E-state index < -0.39 is 0 Å². The molecule has 0 aromatic rings. The second kappa shape index (κ2) is 5.82. The van der Waals surface area contributed by atoms with Crippen molar-refractivity contribution >= 4 is 11.8 Å². The Bertz CT molecular complexity index is 644. The first-order valence-corrected chi connectivity index (χ1v) is 9.60. The third-order valence-corrected chi connectivity index (χ3v) is 7.45. The van der Waals surface area contributed by atoms with Gasteiger partial charge in [0.1, 0.15) is 11.9 Å². The average molecular weight is 344 g/mol. The molecule has 2 saturated carbocycles. The number of ketones is 1. The van der Waals surface area contributed by atoms with E-state index in [0.29, 0.717) is 12.2 Å². The van der Waals surface area contributed by atoms with Gasteiger partial charge in [0.25, 0.3) is 0 Å². The largest absolute Gasteiger partial charge is 0.458 e. The van der Waals surface area contributed by atoms with Crippen molar-refractivity contribution in [2.24, 2.45) is 28.1 Å². The molecule has 138 valence electrons. The van der Waals surface area contributed by atoms with Gasteiger partial charge in [-0.15, -0.1) is 6.58 Å². The quantitative estimate of drug-likeness (QED) is 0.530. The molecule has 3 aliphatic carbocycles. The zero-order chi connectivity index (χ0) is 18.6. The summed E-state index contributed by atoms with van der Waals surface area (Å²) in [5.74, 6) is 0.590. The van der Waals surface area contributed by atoms with Crippen LogP contribution in [-0.4, -0.2) is 17.9 Å². The number of esters is 1. The number of carbonyl (C=O) groups is 2. The summed E-state index contributed by atoms with van der Waals surface area (Å²) >= 11 is 0. The van der Waals surface area contributed by atoms with Crippen molar-refractivity contribution in [3.63, 3.8) is 0 Å². The van der Waals surface area contributed by atoms with Gasteiger partial charge in [-0.3, -0.25) is 9.59 Å². The summed E-state index contributed by atoms with van der Waals surface area (Å²) in [5, 5.41) is 0. The predicted molar refractivity (Wildman–Crippen MR) is 98.9 cm³/mol. The fourth-order valence-corrected chi connectivity index (χ4v) is 5.85. The van der Waals surface area contributed by atoms with Crippen LogP contribution in [0.4, 0.5) is 0 Å². The molecule has 0 N–H and O–H groups in total.